The topological polar surface area (TPSA) is 73.9 Å². The van der Waals surface area contributed by atoms with Gasteiger partial charge in [-0.05, 0) is 11.1 Å². The molecule has 0 radical (unpaired) electrons. The number of ether oxygens (including phenoxy) is 3. The summed E-state index contributed by atoms with van der Waals surface area (Å²) in [4.78, 5) is 0. The van der Waals surface area contributed by atoms with Crippen molar-refractivity contribution in [3.8, 4) is 0 Å². The molecule has 1 saturated heterocycles. The minimum Gasteiger partial charge on any atom is -0.374 e. The van der Waals surface area contributed by atoms with Crippen LogP contribution < -0.4 is 4.72 Å². The van der Waals surface area contributed by atoms with E-state index < -0.39 is 39.7 Å². The van der Waals surface area contributed by atoms with Crippen LogP contribution in [0.2, 0.25) is 0 Å². The third kappa shape index (κ3) is 6.52. The Morgan fingerprint density at radius 1 is 1.00 bits per heavy atom. The fraction of sp³-hybridized carbons (Fsp3) is 0.455. The van der Waals surface area contributed by atoms with Crippen molar-refractivity contribution in [2.45, 2.75) is 43.9 Å². The van der Waals surface area contributed by atoms with Crippen LogP contribution in [0.1, 0.15) is 18.1 Å². The lowest BCUT2D eigenvalue weighted by Crippen LogP contribution is -2.59. The Morgan fingerprint density at radius 2 is 1.56 bits per heavy atom. The zero-order valence-corrected chi connectivity index (χ0v) is 18.3. The number of rotatable bonds is 9. The van der Waals surface area contributed by atoms with Crippen LogP contribution in [0, 0.1) is 5.92 Å². The summed E-state index contributed by atoms with van der Waals surface area (Å²) in [6, 6.07) is 17.4. The van der Waals surface area contributed by atoms with Crippen molar-refractivity contribution >= 4 is 10.0 Å². The van der Waals surface area contributed by atoms with Gasteiger partial charge < -0.3 is 14.2 Å². The zero-order valence-electron chi connectivity index (χ0n) is 17.5. The van der Waals surface area contributed by atoms with E-state index in [0.717, 1.165) is 11.1 Å². The molecular weight excluding hydrogens is 447 g/mol. The minimum absolute atomic E-state index is 0.123. The molecule has 0 aliphatic carbocycles. The van der Waals surface area contributed by atoms with Crippen molar-refractivity contribution in [1.82, 2.24) is 4.72 Å². The van der Waals surface area contributed by atoms with Gasteiger partial charge in [-0.1, -0.05) is 67.6 Å². The van der Waals surface area contributed by atoms with Crippen molar-refractivity contribution in [3.63, 3.8) is 0 Å². The molecule has 1 fully saturated rings. The molecule has 2 aromatic rings. The highest BCUT2D eigenvalue weighted by atomic mass is 32.2. The van der Waals surface area contributed by atoms with Crippen molar-refractivity contribution in [1.29, 1.82) is 0 Å². The van der Waals surface area contributed by atoms with Gasteiger partial charge in [0, 0.05) is 5.92 Å². The van der Waals surface area contributed by atoms with Crippen LogP contribution in [-0.4, -0.2) is 45.4 Å². The molecule has 0 amide bonds. The van der Waals surface area contributed by atoms with Crippen LogP contribution in [0.5, 0.6) is 0 Å². The maximum Gasteiger partial charge on any atom is 0.511 e. The number of nitrogens with one attached hydrogen (secondary N) is 1. The highest BCUT2D eigenvalue weighted by Crippen LogP contribution is 2.29. The molecule has 6 nitrogen and oxygen atoms in total. The first-order valence-electron chi connectivity index (χ1n) is 10.1. The van der Waals surface area contributed by atoms with Crippen molar-refractivity contribution < 1.29 is 35.8 Å². The summed E-state index contributed by atoms with van der Waals surface area (Å²) in [7, 11) is -5.55. The predicted octanol–water partition coefficient (Wildman–Crippen LogP) is 3.63. The third-order valence-corrected chi connectivity index (χ3v) is 6.50. The van der Waals surface area contributed by atoms with E-state index in [2.05, 4.69) is 0 Å². The molecule has 1 N–H and O–H groups in total. The summed E-state index contributed by atoms with van der Waals surface area (Å²) in [6.45, 7) is 2.16. The standard InChI is InChI=1S/C22H26F3NO5S/c1-16-20(15-29-12-17-8-4-2-5-9-17)30-14-19(26-32(27,28)22(23,24)25)21(16)31-13-18-10-6-3-7-11-18/h2-11,16,19-21,26H,12-15H2,1H3/t16-,19+,20+,21-/m0/s1. The molecule has 1 aliphatic rings. The van der Waals surface area contributed by atoms with Gasteiger partial charge >= 0.3 is 15.5 Å². The first kappa shape index (κ1) is 24.7. The van der Waals surface area contributed by atoms with E-state index in [1.54, 1.807) is 11.6 Å². The summed E-state index contributed by atoms with van der Waals surface area (Å²) < 4.78 is 81.2. The molecule has 32 heavy (non-hydrogen) atoms. The quantitative estimate of drug-likeness (QED) is 0.602. The molecule has 2 aromatic carbocycles. The monoisotopic (exact) mass is 473 g/mol. The van der Waals surface area contributed by atoms with Gasteiger partial charge in [-0.25, -0.2) is 8.42 Å². The molecule has 0 bridgehead atoms. The number of sulfonamides is 1. The van der Waals surface area contributed by atoms with Crippen molar-refractivity contribution in [2.75, 3.05) is 13.2 Å². The Kier molecular flexibility index (Phi) is 8.29. The molecule has 1 aliphatic heterocycles. The minimum atomic E-state index is -5.55. The van der Waals surface area contributed by atoms with Gasteiger partial charge in [0.25, 0.3) is 0 Å². The molecule has 176 valence electrons. The Bertz CT molecular complexity index is 941. The SMILES string of the molecule is C[C@@H]1[C@H](OCc2ccccc2)[C@H](NS(=O)(=O)C(F)(F)F)CO[C@@H]1COCc1ccccc1. The van der Waals surface area contributed by atoms with Crippen LogP contribution in [0.4, 0.5) is 13.2 Å². The second-order valence-electron chi connectivity index (χ2n) is 7.67. The lowest BCUT2D eigenvalue weighted by atomic mass is 9.90. The molecule has 4 atom stereocenters. The molecule has 0 spiro atoms. The maximum absolute atomic E-state index is 12.9. The van der Waals surface area contributed by atoms with Crippen LogP contribution in [0.15, 0.2) is 60.7 Å². The molecule has 0 saturated carbocycles. The summed E-state index contributed by atoms with van der Waals surface area (Å²) in [5.41, 5.74) is -3.63. The van der Waals surface area contributed by atoms with E-state index in [1.165, 1.54) is 0 Å². The average Bonchev–Trinajstić information content (AvgIpc) is 2.75. The number of hydrogen-bond acceptors (Lipinski definition) is 5. The van der Waals surface area contributed by atoms with E-state index in [9.17, 15) is 21.6 Å². The molecule has 1 heterocycles. The number of benzene rings is 2. The lowest BCUT2D eigenvalue weighted by molar-refractivity contribution is -0.151. The van der Waals surface area contributed by atoms with Gasteiger partial charge in [0.05, 0.1) is 44.7 Å². The maximum atomic E-state index is 12.9. The highest BCUT2D eigenvalue weighted by Gasteiger charge is 2.49. The van der Waals surface area contributed by atoms with E-state index in [-0.39, 0.29) is 19.8 Å². The van der Waals surface area contributed by atoms with Gasteiger partial charge in [0.15, 0.2) is 0 Å². The Balaban J connectivity index is 1.67. The number of halogens is 3. The van der Waals surface area contributed by atoms with Crippen LogP contribution in [-0.2, 0) is 37.4 Å². The van der Waals surface area contributed by atoms with Crippen LogP contribution >= 0.6 is 0 Å². The van der Waals surface area contributed by atoms with Gasteiger partial charge in [-0.2, -0.15) is 17.9 Å². The van der Waals surface area contributed by atoms with Crippen LogP contribution in [0.25, 0.3) is 0 Å². The highest BCUT2D eigenvalue weighted by molar-refractivity contribution is 7.90. The average molecular weight is 474 g/mol. The normalized spacial score (nSPS) is 24.4. The fourth-order valence-corrected chi connectivity index (χ4v) is 4.26. The first-order valence-corrected chi connectivity index (χ1v) is 11.6. The van der Waals surface area contributed by atoms with E-state index in [1.807, 2.05) is 60.7 Å². The number of hydrogen-bond donors (Lipinski definition) is 1. The first-order chi connectivity index (χ1) is 15.2. The fourth-order valence-electron chi connectivity index (χ4n) is 3.52. The molecule has 3 rings (SSSR count). The Hall–Kier alpha value is -1.98. The molecule has 0 aromatic heterocycles. The largest absolute Gasteiger partial charge is 0.511 e. The van der Waals surface area contributed by atoms with Crippen molar-refractivity contribution in [3.05, 3.63) is 71.8 Å². The molecular formula is C22H26F3NO5S. The Morgan fingerprint density at radius 3 is 2.12 bits per heavy atom. The predicted molar refractivity (Wildman–Crippen MR) is 112 cm³/mol. The third-order valence-electron chi connectivity index (χ3n) is 5.28. The number of alkyl halides is 3. The lowest BCUT2D eigenvalue weighted by Gasteiger charge is -2.41. The van der Waals surface area contributed by atoms with Gasteiger partial charge in [0.2, 0.25) is 0 Å². The summed E-state index contributed by atoms with van der Waals surface area (Å²) >= 11 is 0. The van der Waals surface area contributed by atoms with Gasteiger partial charge in [0.1, 0.15) is 0 Å². The second-order valence-corrected chi connectivity index (χ2v) is 9.37. The van der Waals surface area contributed by atoms with E-state index >= 15 is 0 Å². The van der Waals surface area contributed by atoms with E-state index in [0.29, 0.717) is 6.61 Å². The Labute approximate surface area is 185 Å². The zero-order chi connectivity index (χ0) is 23.2. The summed E-state index contributed by atoms with van der Waals surface area (Å²) in [6.07, 6.45) is -1.31. The van der Waals surface area contributed by atoms with Gasteiger partial charge in [-0.15, -0.1) is 0 Å². The smallest absolute Gasteiger partial charge is 0.374 e. The second kappa shape index (κ2) is 10.8. The molecule has 0 unspecified atom stereocenters. The van der Waals surface area contributed by atoms with Gasteiger partial charge in [-0.3, -0.25) is 0 Å². The molecule has 10 heteroatoms. The summed E-state index contributed by atoms with van der Waals surface area (Å²) in [5, 5.41) is 0. The van der Waals surface area contributed by atoms with Crippen LogP contribution in [0.3, 0.4) is 0 Å². The van der Waals surface area contributed by atoms with Crippen molar-refractivity contribution in [2.24, 2.45) is 5.92 Å². The summed E-state index contributed by atoms with van der Waals surface area (Å²) in [5.74, 6) is -0.427. The van der Waals surface area contributed by atoms with E-state index in [4.69, 9.17) is 14.2 Å².